The number of rotatable bonds is 6. The molecule has 0 bridgehead atoms. The third-order valence-corrected chi connectivity index (χ3v) is 0.876. The monoisotopic (exact) mass is 161 g/mol. The van der Waals surface area contributed by atoms with Gasteiger partial charge in [0.1, 0.15) is 25.8 Å². The van der Waals surface area contributed by atoms with Crippen molar-refractivity contribution < 1.29 is 19.1 Å². The number of carbonyl (C=O) groups excluding carboxylic acids is 2. The van der Waals surface area contributed by atoms with Crippen LogP contribution in [0, 0.1) is 0 Å². The van der Waals surface area contributed by atoms with Crippen LogP contribution in [0.15, 0.2) is 0 Å². The van der Waals surface area contributed by atoms with E-state index in [9.17, 15) is 9.59 Å². The molecule has 0 saturated heterocycles. The topological polar surface area (TPSA) is 78.6 Å². The van der Waals surface area contributed by atoms with Gasteiger partial charge < -0.3 is 19.1 Å². The van der Waals surface area contributed by atoms with Gasteiger partial charge in [-0.1, -0.05) is 0 Å². The average Bonchev–Trinajstić information content (AvgIpc) is 1.97. The number of nitrogens with two attached hydrogens (primary N) is 1. The van der Waals surface area contributed by atoms with Gasteiger partial charge >= 0.3 is 0 Å². The van der Waals surface area contributed by atoms with Crippen molar-refractivity contribution in [2.24, 2.45) is 5.73 Å². The summed E-state index contributed by atoms with van der Waals surface area (Å²) in [4.78, 5) is 19.6. The predicted molar refractivity (Wildman–Crippen MR) is 36.6 cm³/mol. The molecule has 0 amide bonds. The molecule has 64 valence electrons. The Morgan fingerprint density at radius 2 is 1.64 bits per heavy atom. The molecule has 0 spiro atoms. The highest BCUT2D eigenvalue weighted by atomic mass is 16.7. The second-order valence-electron chi connectivity index (χ2n) is 1.97. The van der Waals surface area contributed by atoms with Crippen LogP contribution in [0.1, 0.15) is 6.92 Å². The van der Waals surface area contributed by atoms with E-state index in [4.69, 9.17) is 15.2 Å². The maximum Gasteiger partial charge on any atom is 0.222 e. The van der Waals surface area contributed by atoms with Crippen molar-refractivity contribution in [2.45, 2.75) is 12.8 Å². The summed E-state index contributed by atoms with van der Waals surface area (Å²) in [6.07, 6.45) is 1.10. The van der Waals surface area contributed by atoms with Gasteiger partial charge in [0.05, 0.1) is 0 Å². The average molecular weight is 161 g/mol. The minimum atomic E-state index is -1.36. The van der Waals surface area contributed by atoms with E-state index in [1.807, 2.05) is 0 Å². The molecule has 0 radical (unpaired) electrons. The highest BCUT2D eigenvalue weighted by molar-refractivity contribution is 5.51. The molecular weight excluding hydrogens is 150 g/mol. The molecule has 0 unspecified atom stereocenters. The lowest BCUT2D eigenvalue weighted by Gasteiger charge is -2.22. The summed E-state index contributed by atoms with van der Waals surface area (Å²) in [7, 11) is 0. The zero-order valence-corrected chi connectivity index (χ0v) is 6.28. The maximum absolute atomic E-state index is 9.82. The van der Waals surface area contributed by atoms with E-state index in [1.54, 1.807) is 0 Å². The molecule has 0 heterocycles. The minimum Gasteiger partial charge on any atom is -0.330 e. The van der Waals surface area contributed by atoms with Crippen LogP contribution in [0.25, 0.3) is 0 Å². The van der Waals surface area contributed by atoms with E-state index >= 15 is 0 Å². The first kappa shape index (κ1) is 10.2. The van der Waals surface area contributed by atoms with Gasteiger partial charge in [-0.15, -0.1) is 0 Å². The lowest BCUT2D eigenvalue weighted by Crippen LogP contribution is -2.43. The van der Waals surface area contributed by atoms with Crippen LogP contribution < -0.4 is 5.73 Å². The number of ether oxygens (including phenoxy) is 2. The molecular formula is C6H11NO4. The second kappa shape index (κ2) is 4.95. The Morgan fingerprint density at radius 1 is 1.27 bits per heavy atom. The fourth-order valence-electron chi connectivity index (χ4n) is 0.441. The molecule has 0 aromatic rings. The Hall–Kier alpha value is -0.780. The largest absolute Gasteiger partial charge is 0.330 e. The van der Waals surface area contributed by atoms with Gasteiger partial charge in [-0.05, 0) is 0 Å². The Bertz CT molecular complexity index is 121. The lowest BCUT2D eigenvalue weighted by molar-refractivity contribution is -0.215. The molecule has 0 aromatic carbocycles. The van der Waals surface area contributed by atoms with Crippen LogP contribution in [-0.2, 0) is 19.1 Å². The van der Waals surface area contributed by atoms with Gasteiger partial charge in [-0.3, -0.25) is 5.73 Å². The molecule has 5 nitrogen and oxygen atoms in total. The Morgan fingerprint density at radius 3 is 1.91 bits per heavy atom. The number of hydrogen-bond donors (Lipinski definition) is 1. The summed E-state index contributed by atoms with van der Waals surface area (Å²) in [6, 6.07) is 0. The first-order chi connectivity index (χ1) is 5.12. The van der Waals surface area contributed by atoms with Gasteiger partial charge in [-0.2, -0.15) is 0 Å². The molecule has 0 saturated carbocycles. The molecule has 11 heavy (non-hydrogen) atoms. The zero-order chi connectivity index (χ0) is 8.74. The maximum atomic E-state index is 9.82. The molecule has 0 aliphatic rings. The third kappa shape index (κ3) is 5.65. The number of aldehydes is 2. The van der Waals surface area contributed by atoms with Crippen molar-refractivity contribution >= 4 is 12.6 Å². The molecule has 0 atom stereocenters. The molecule has 0 aliphatic heterocycles. The molecule has 0 aliphatic carbocycles. The summed E-state index contributed by atoms with van der Waals surface area (Å²) in [5, 5.41) is 0. The van der Waals surface area contributed by atoms with Crippen LogP contribution in [0.5, 0.6) is 0 Å². The quantitative estimate of drug-likeness (QED) is 0.401. The van der Waals surface area contributed by atoms with Gasteiger partial charge in [0.25, 0.3) is 0 Å². The number of hydrogen-bond acceptors (Lipinski definition) is 5. The SMILES string of the molecule is CC(N)(OCC=O)OCC=O. The Labute approximate surface area is 64.5 Å². The van der Waals surface area contributed by atoms with E-state index in [0.29, 0.717) is 12.6 Å². The van der Waals surface area contributed by atoms with E-state index < -0.39 is 5.91 Å². The first-order valence-electron chi connectivity index (χ1n) is 3.06. The molecule has 5 heteroatoms. The standard InChI is InChI=1S/C6H11NO4/c1-6(7,10-4-2-8)11-5-3-9/h2-3H,4-5,7H2,1H3. The molecule has 0 aromatic heterocycles. The van der Waals surface area contributed by atoms with Crippen molar-refractivity contribution in [3.8, 4) is 0 Å². The van der Waals surface area contributed by atoms with Crippen LogP contribution >= 0.6 is 0 Å². The fourth-order valence-corrected chi connectivity index (χ4v) is 0.441. The first-order valence-corrected chi connectivity index (χ1v) is 3.06. The summed E-state index contributed by atoms with van der Waals surface area (Å²) in [5.74, 6) is -1.36. The smallest absolute Gasteiger partial charge is 0.222 e. The third-order valence-electron chi connectivity index (χ3n) is 0.876. The van der Waals surface area contributed by atoms with Crippen LogP contribution in [-0.4, -0.2) is 31.7 Å². The highest BCUT2D eigenvalue weighted by Gasteiger charge is 2.18. The van der Waals surface area contributed by atoms with Gasteiger partial charge in [0.2, 0.25) is 5.91 Å². The van der Waals surface area contributed by atoms with Crippen molar-refractivity contribution in [1.82, 2.24) is 0 Å². The van der Waals surface area contributed by atoms with E-state index in [2.05, 4.69) is 0 Å². The molecule has 2 N–H and O–H groups in total. The Balaban J connectivity index is 3.59. The van der Waals surface area contributed by atoms with Crippen LogP contribution in [0.2, 0.25) is 0 Å². The molecule has 0 rings (SSSR count). The fraction of sp³-hybridized carbons (Fsp3) is 0.667. The summed E-state index contributed by atoms with van der Waals surface area (Å²) in [6.45, 7) is 1.12. The van der Waals surface area contributed by atoms with Crippen molar-refractivity contribution in [1.29, 1.82) is 0 Å². The molecule has 0 fully saturated rings. The predicted octanol–water partition coefficient (Wildman–Crippen LogP) is -0.950. The van der Waals surface area contributed by atoms with E-state index in [0.717, 1.165) is 0 Å². The highest BCUT2D eigenvalue weighted by Crippen LogP contribution is 2.01. The van der Waals surface area contributed by atoms with E-state index in [-0.39, 0.29) is 13.2 Å². The summed E-state index contributed by atoms with van der Waals surface area (Å²) >= 11 is 0. The summed E-state index contributed by atoms with van der Waals surface area (Å²) < 4.78 is 9.42. The van der Waals surface area contributed by atoms with Crippen molar-refractivity contribution in [2.75, 3.05) is 13.2 Å². The zero-order valence-electron chi connectivity index (χ0n) is 6.28. The van der Waals surface area contributed by atoms with Crippen LogP contribution in [0.4, 0.5) is 0 Å². The number of carbonyl (C=O) groups is 2. The summed E-state index contributed by atoms with van der Waals surface area (Å²) in [5.41, 5.74) is 5.33. The van der Waals surface area contributed by atoms with Gasteiger partial charge in [-0.25, -0.2) is 0 Å². The normalized spacial score (nSPS) is 11.1. The van der Waals surface area contributed by atoms with Crippen molar-refractivity contribution in [3.63, 3.8) is 0 Å². The van der Waals surface area contributed by atoms with Crippen LogP contribution in [0.3, 0.4) is 0 Å². The van der Waals surface area contributed by atoms with Gasteiger partial charge in [0, 0.05) is 6.92 Å². The van der Waals surface area contributed by atoms with Gasteiger partial charge in [0.15, 0.2) is 0 Å². The lowest BCUT2D eigenvalue weighted by atomic mass is 10.5. The second-order valence-corrected chi connectivity index (χ2v) is 1.97. The van der Waals surface area contributed by atoms with Crippen molar-refractivity contribution in [3.05, 3.63) is 0 Å². The van der Waals surface area contributed by atoms with E-state index in [1.165, 1.54) is 6.92 Å². The minimum absolute atomic E-state index is 0.147. The Kier molecular flexibility index (Phi) is 4.60.